The van der Waals surface area contributed by atoms with Gasteiger partial charge < -0.3 is 15.7 Å². The molecule has 0 spiro atoms. The van der Waals surface area contributed by atoms with E-state index in [1.165, 1.54) is 24.3 Å². The summed E-state index contributed by atoms with van der Waals surface area (Å²) in [7, 11) is 0. The number of rotatable bonds is 5. The normalized spacial score (nSPS) is 13.2. The molecule has 100 valence electrons. The van der Waals surface area contributed by atoms with E-state index in [0.29, 0.717) is 5.69 Å². The van der Waals surface area contributed by atoms with Gasteiger partial charge in [0.1, 0.15) is 5.82 Å². The largest absolute Gasteiger partial charge is 0.392 e. The summed E-state index contributed by atoms with van der Waals surface area (Å²) in [6.07, 6.45) is -0.573. The molecular formula is C13H19FN2O2. The van der Waals surface area contributed by atoms with Gasteiger partial charge in [-0.3, -0.25) is 4.79 Å². The minimum absolute atomic E-state index is 0.0786. The highest BCUT2D eigenvalue weighted by Crippen LogP contribution is 2.09. The summed E-state index contributed by atoms with van der Waals surface area (Å²) < 4.78 is 12.7. The number of aliphatic hydroxyl groups is 1. The third-order valence-electron chi connectivity index (χ3n) is 2.88. The summed E-state index contributed by atoms with van der Waals surface area (Å²) in [5.41, 5.74) is -0.00167. The van der Waals surface area contributed by atoms with Gasteiger partial charge in [-0.2, -0.15) is 0 Å². The van der Waals surface area contributed by atoms with Gasteiger partial charge in [0.25, 0.3) is 0 Å². The molecule has 0 aliphatic carbocycles. The van der Waals surface area contributed by atoms with Crippen molar-refractivity contribution in [2.45, 2.75) is 32.4 Å². The third kappa shape index (κ3) is 4.43. The Labute approximate surface area is 106 Å². The summed E-state index contributed by atoms with van der Waals surface area (Å²) >= 11 is 0. The molecular weight excluding hydrogens is 235 g/mol. The standard InChI is InChI=1S/C13H19FN2O2/c1-9(17)13(2,3)15-8-12(18)16-11-6-4-10(14)5-7-11/h4-7,9,15,17H,8H2,1-3H3,(H,16,18). The molecule has 0 heterocycles. The summed E-state index contributed by atoms with van der Waals surface area (Å²) in [5, 5.41) is 15.1. The van der Waals surface area contributed by atoms with Gasteiger partial charge in [0.05, 0.1) is 12.6 Å². The minimum atomic E-state index is -0.573. The number of nitrogens with one attached hydrogen (secondary N) is 2. The van der Waals surface area contributed by atoms with Crippen molar-refractivity contribution in [2.75, 3.05) is 11.9 Å². The fraction of sp³-hybridized carbons (Fsp3) is 0.462. The Balaban J connectivity index is 2.45. The molecule has 3 N–H and O–H groups in total. The maximum atomic E-state index is 12.7. The number of anilines is 1. The van der Waals surface area contributed by atoms with E-state index in [1.54, 1.807) is 6.92 Å². The molecule has 0 radical (unpaired) electrons. The summed E-state index contributed by atoms with van der Waals surface area (Å²) in [4.78, 5) is 11.6. The number of hydrogen-bond acceptors (Lipinski definition) is 3. The van der Waals surface area contributed by atoms with E-state index in [9.17, 15) is 14.3 Å². The second-order valence-corrected chi connectivity index (χ2v) is 4.81. The molecule has 4 nitrogen and oxygen atoms in total. The highest BCUT2D eigenvalue weighted by molar-refractivity contribution is 5.92. The first-order valence-corrected chi connectivity index (χ1v) is 5.80. The molecule has 0 aliphatic heterocycles. The van der Waals surface area contributed by atoms with E-state index < -0.39 is 11.6 Å². The van der Waals surface area contributed by atoms with Crippen molar-refractivity contribution in [3.8, 4) is 0 Å². The van der Waals surface area contributed by atoms with Crippen LogP contribution >= 0.6 is 0 Å². The van der Waals surface area contributed by atoms with Gasteiger partial charge in [0, 0.05) is 11.2 Å². The zero-order valence-electron chi connectivity index (χ0n) is 10.8. The SMILES string of the molecule is CC(O)C(C)(C)NCC(=O)Nc1ccc(F)cc1. The molecule has 5 heteroatoms. The lowest BCUT2D eigenvalue weighted by atomic mass is 9.99. The van der Waals surface area contributed by atoms with Crippen molar-refractivity contribution in [3.63, 3.8) is 0 Å². The molecule has 0 saturated carbocycles. The van der Waals surface area contributed by atoms with Crippen LogP contribution in [-0.2, 0) is 4.79 Å². The highest BCUT2D eigenvalue weighted by atomic mass is 19.1. The number of hydrogen-bond donors (Lipinski definition) is 3. The lowest BCUT2D eigenvalue weighted by Crippen LogP contribution is -2.50. The van der Waals surface area contributed by atoms with Crippen LogP contribution in [0.25, 0.3) is 0 Å². The van der Waals surface area contributed by atoms with E-state index in [0.717, 1.165) is 0 Å². The van der Waals surface area contributed by atoms with Crippen molar-refractivity contribution in [1.82, 2.24) is 5.32 Å². The number of amides is 1. The Morgan fingerprint density at radius 2 is 1.94 bits per heavy atom. The average molecular weight is 254 g/mol. The van der Waals surface area contributed by atoms with E-state index in [4.69, 9.17) is 0 Å². The molecule has 1 amide bonds. The van der Waals surface area contributed by atoms with Crippen LogP contribution in [0.5, 0.6) is 0 Å². The Morgan fingerprint density at radius 3 is 2.44 bits per heavy atom. The van der Waals surface area contributed by atoms with E-state index in [-0.39, 0.29) is 18.3 Å². The molecule has 1 rings (SSSR count). The van der Waals surface area contributed by atoms with Crippen molar-refractivity contribution in [2.24, 2.45) is 0 Å². The van der Waals surface area contributed by atoms with Gasteiger partial charge in [0.15, 0.2) is 0 Å². The maximum Gasteiger partial charge on any atom is 0.238 e. The Kier molecular flexibility index (Phi) is 4.81. The predicted octanol–water partition coefficient (Wildman–Crippen LogP) is 1.51. The highest BCUT2D eigenvalue weighted by Gasteiger charge is 2.23. The number of halogens is 1. The summed E-state index contributed by atoms with van der Waals surface area (Å²) in [6.45, 7) is 5.35. The molecule has 0 aliphatic rings. The topological polar surface area (TPSA) is 61.4 Å². The average Bonchev–Trinajstić information content (AvgIpc) is 2.29. The molecule has 0 saturated heterocycles. The van der Waals surface area contributed by atoms with Crippen molar-refractivity contribution < 1.29 is 14.3 Å². The van der Waals surface area contributed by atoms with E-state index >= 15 is 0 Å². The zero-order chi connectivity index (χ0) is 13.8. The van der Waals surface area contributed by atoms with Crippen LogP contribution in [-0.4, -0.2) is 29.2 Å². The Bertz CT molecular complexity index is 402. The number of carbonyl (C=O) groups is 1. The maximum absolute atomic E-state index is 12.7. The lowest BCUT2D eigenvalue weighted by molar-refractivity contribution is -0.115. The fourth-order valence-corrected chi connectivity index (χ4v) is 1.19. The molecule has 18 heavy (non-hydrogen) atoms. The van der Waals surface area contributed by atoms with Crippen LogP contribution in [0.15, 0.2) is 24.3 Å². The number of benzene rings is 1. The van der Waals surface area contributed by atoms with Crippen molar-refractivity contribution >= 4 is 11.6 Å². The van der Waals surface area contributed by atoms with Crippen LogP contribution in [0, 0.1) is 5.82 Å². The zero-order valence-corrected chi connectivity index (χ0v) is 10.8. The van der Waals surface area contributed by atoms with Gasteiger partial charge in [0.2, 0.25) is 5.91 Å². The predicted molar refractivity (Wildman–Crippen MR) is 68.8 cm³/mol. The first-order valence-electron chi connectivity index (χ1n) is 5.80. The van der Waals surface area contributed by atoms with Gasteiger partial charge in [-0.1, -0.05) is 0 Å². The molecule has 1 aromatic rings. The molecule has 1 unspecified atom stereocenters. The van der Waals surface area contributed by atoms with Crippen LogP contribution < -0.4 is 10.6 Å². The molecule has 1 atom stereocenters. The van der Waals surface area contributed by atoms with E-state index in [1.807, 2.05) is 13.8 Å². The molecule has 0 aromatic heterocycles. The molecule has 1 aromatic carbocycles. The van der Waals surface area contributed by atoms with Gasteiger partial charge in [-0.15, -0.1) is 0 Å². The number of aliphatic hydroxyl groups excluding tert-OH is 1. The van der Waals surface area contributed by atoms with Crippen LogP contribution in [0.3, 0.4) is 0 Å². The van der Waals surface area contributed by atoms with E-state index in [2.05, 4.69) is 10.6 Å². The molecule has 0 bridgehead atoms. The molecule has 0 fully saturated rings. The number of carbonyl (C=O) groups excluding carboxylic acids is 1. The van der Waals surface area contributed by atoms with Crippen LogP contribution in [0.4, 0.5) is 10.1 Å². The van der Waals surface area contributed by atoms with Gasteiger partial charge >= 0.3 is 0 Å². The Hall–Kier alpha value is -1.46. The Morgan fingerprint density at radius 1 is 1.39 bits per heavy atom. The van der Waals surface area contributed by atoms with Gasteiger partial charge in [-0.05, 0) is 45.0 Å². The minimum Gasteiger partial charge on any atom is -0.392 e. The third-order valence-corrected chi connectivity index (χ3v) is 2.88. The monoisotopic (exact) mass is 254 g/mol. The quantitative estimate of drug-likeness (QED) is 0.746. The summed E-state index contributed by atoms with van der Waals surface area (Å²) in [6, 6.07) is 5.55. The van der Waals surface area contributed by atoms with Crippen molar-refractivity contribution in [3.05, 3.63) is 30.1 Å². The fourth-order valence-electron chi connectivity index (χ4n) is 1.19. The smallest absolute Gasteiger partial charge is 0.238 e. The first-order chi connectivity index (χ1) is 8.31. The van der Waals surface area contributed by atoms with Crippen LogP contribution in [0.2, 0.25) is 0 Å². The summed E-state index contributed by atoms with van der Waals surface area (Å²) in [5.74, 6) is -0.586. The van der Waals surface area contributed by atoms with Crippen LogP contribution in [0.1, 0.15) is 20.8 Å². The van der Waals surface area contributed by atoms with Gasteiger partial charge in [-0.25, -0.2) is 4.39 Å². The van der Waals surface area contributed by atoms with Crippen molar-refractivity contribution in [1.29, 1.82) is 0 Å². The second kappa shape index (κ2) is 5.93. The lowest BCUT2D eigenvalue weighted by Gasteiger charge is -2.29. The second-order valence-electron chi connectivity index (χ2n) is 4.81. The first kappa shape index (κ1) is 14.6.